The number of benzene rings is 2. The zero-order valence-corrected chi connectivity index (χ0v) is 19.4. The van der Waals surface area contributed by atoms with Crippen LogP contribution >= 0.6 is 0 Å². The normalized spacial score (nSPS) is 15.7. The van der Waals surface area contributed by atoms with Gasteiger partial charge in [0.15, 0.2) is 0 Å². The highest BCUT2D eigenvalue weighted by Crippen LogP contribution is 2.33. The molecule has 33 heavy (non-hydrogen) atoms. The van der Waals surface area contributed by atoms with Crippen LogP contribution in [0.4, 0.5) is 0 Å². The lowest BCUT2D eigenvalue weighted by atomic mass is 9.90. The topological polar surface area (TPSA) is 76.1 Å². The Kier molecular flexibility index (Phi) is 5.91. The molecule has 5 rings (SSSR count). The minimum atomic E-state index is -3.62. The number of hydrogen-bond donors (Lipinski definition) is 0. The lowest BCUT2D eigenvalue weighted by molar-refractivity contribution is 0.316. The van der Waals surface area contributed by atoms with E-state index in [4.69, 9.17) is 4.98 Å². The number of aryl methyl sites for hydroxylation is 1. The van der Waals surface area contributed by atoms with Crippen molar-refractivity contribution in [2.75, 3.05) is 13.1 Å². The summed E-state index contributed by atoms with van der Waals surface area (Å²) < 4.78 is 28.5. The van der Waals surface area contributed by atoms with Crippen molar-refractivity contribution in [1.29, 1.82) is 0 Å². The third kappa shape index (κ3) is 4.38. The summed E-state index contributed by atoms with van der Waals surface area (Å²) in [5, 5.41) is 0.829. The first-order valence-electron chi connectivity index (χ1n) is 11.2. The van der Waals surface area contributed by atoms with Crippen LogP contribution in [0.25, 0.3) is 10.9 Å². The van der Waals surface area contributed by atoms with E-state index in [0.717, 1.165) is 41.7 Å². The predicted molar refractivity (Wildman–Crippen MR) is 128 cm³/mol. The Morgan fingerprint density at radius 2 is 1.70 bits per heavy atom. The maximum Gasteiger partial charge on any atom is 0.245 e. The molecule has 168 valence electrons. The molecule has 0 aliphatic carbocycles. The molecule has 0 radical (unpaired) electrons. The van der Waals surface area contributed by atoms with Crippen LogP contribution in [0.1, 0.15) is 41.4 Å². The fraction of sp³-hybridized carbons (Fsp3) is 0.269. The molecule has 0 spiro atoms. The highest BCUT2D eigenvalue weighted by molar-refractivity contribution is 7.89. The first kappa shape index (κ1) is 21.7. The molecule has 1 aliphatic heterocycles. The lowest BCUT2D eigenvalue weighted by Gasteiger charge is -2.32. The van der Waals surface area contributed by atoms with E-state index in [9.17, 15) is 8.42 Å². The number of piperidine rings is 1. The molecule has 0 bridgehead atoms. The van der Waals surface area contributed by atoms with Crippen LogP contribution in [-0.2, 0) is 16.4 Å². The SMILES string of the molecule is Cc1ncc(Cc2ccccc2)c(C2CCN(S(=O)(=O)c3cccc4cccnc34)CC2)n1. The Balaban J connectivity index is 1.38. The molecule has 1 saturated heterocycles. The fourth-order valence-electron chi connectivity index (χ4n) is 4.61. The minimum absolute atomic E-state index is 0.211. The lowest BCUT2D eigenvalue weighted by Crippen LogP contribution is -2.38. The van der Waals surface area contributed by atoms with Gasteiger partial charge in [-0.05, 0) is 43.0 Å². The smallest absolute Gasteiger partial charge is 0.245 e. The highest BCUT2D eigenvalue weighted by Gasteiger charge is 2.32. The largest absolute Gasteiger partial charge is 0.255 e. The molecular formula is C26H26N4O2S. The number of hydrogen-bond acceptors (Lipinski definition) is 5. The first-order chi connectivity index (χ1) is 16.0. The van der Waals surface area contributed by atoms with Crippen molar-refractivity contribution < 1.29 is 8.42 Å². The molecule has 0 unspecified atom stereocenters. The van der Waals surface area contributed by atoms with Gasteiger partial charge in [-0.1, -0.05) is 48.5 Å². The highest BCUT2D eigenvalue weighted by atomic mass is 32.2. The summed E-state index contributed by atoms with van der Waals surface area (Å²) in [7, 11) is -3.62. The van der Waals surface area contributed by atoms with Crippen molar-refractivity contribution in [3.63, 3.8) is 0 Å². The second kappa shape index (κ2) is 9.00. The van der Waals surface area contributed by atoms with E-state index in [0.29, 0.717) is 18.6 Å². The predicted octanol–water partition coefficient (Wildman–Crippen LogP) is 4.49. The molecule has 0 atom stereocenters. The van der Waals surface area contributed by atoms with Crippen molar-refractivity contribution in [3.05, 3.63) is 95.7 Å². The molecule has 0 amide bonds. The standard InChI is InChI=1S/C26H26N4O2S/c1-19-28-18-23(17-20-7-3-2-4-8-20)25(29-19)22-12-15-30(16-13-22)33(31,32)24-11-5-9-21-10-6-14-27-26(21)24/h2-11,14,18,22H,12-13,15-17H2,1H3. The van der Waals surface area contributed by atoms with E-state index >= 15 is 0 Å². The fourth-order valence-corrected chi connectivity index (χ4v) is 6.25. The van der Waals surface area contributed by atoms with Gasteiger partial charge in [0.1, 0.15) is 10.7 Å². The van der Waals surface area contributed by atoms with Gasteiger partial charge in [0.2, 0.25) is 10.0 Å². The van der Waals surface area contributed by atoms with Gasteiger partial charge in [-0.2, -0.15) is 4.31 Å². The number of pyridine rings is 1. The van der Waals surface area contributed by atoms with Crippen molar-refractivity contribution >= 4 is 20.9 Å². The van der Waals surface area contributed by atoms with Crippen molar-refractivity contribution in [2.24, 2.45) is 0 Å². The Labute approximate surface area is 194 Å². The van der Waals surface area contributed by atoms with Crippen LogP contribution in [0.15, 0.2) is 78.0 Å². The van der Waals surface area contributed by atoms with E-state index in [1.807, 2.05) is 49.5 Å². The summed E-state index contributed by atoms with van der Waals surface area (Å²) in [4.78, 5) is 13.8. The average Bonchev–Trinajstić information content (AvgIpc) is 2.85. The molecule has 7 heteroatoms. The number of aromatic nitrogens is 3. The summed E-state index contributed by atoms with van der Waals surface area (Å²) in [6, 6.07) is 19.3. The number of sulfonamides is 1. The van der Waals surface area contributed by atoms with Crippen molar-refractivity contribution in [1.82, 2.24) is 19.3 Å². The van der Waals surface area contributed by atoms with E-state index in [1.54, 1.807) is 22.6 Å². The summed E-state index contributed by atoms with van der Waals surface area (Å²) in [5.74, 6) is 0.959. The van der Waals surface area contributed by atoms with Crippen molar-refractivity contribution in [3.8, 4) is 0 Å². The monoisotopic (exact) mass is 458 g/mol. The maximum atomic E-state index is 13.5. The van der Waals surface area contributed by atoms with E-state index < -0.39 is 10.0 Å². The summed E-state index contributed by atoms with van der Waals surface area (Å²) >= 11 is 0. The van der Waals surface area contributed by atoms with Crippen LogP contribution in [0.5, 0.6) is 0 Å². The molecule has 2 aromatic carbocycles. The maximum absolute atomic E-state index is 13.5. The number of para-hydroxylation sites is 1. The molecular weight excluding hydrogens is 432 g/mol. The van der Waals surface area contributed by atoms with Crippen LogP contribution in [-0.4, -0.2) is 40.8 Å². The average molecular weight is 459 g/mol. The van der Waals surface area contributed by atoms with Gasteiger partial charge in [0.25, 0.3) is 0 Å². The number of nitrogens with zero attached hydrogens (tertiary/aromatic N) is 4. The van der Waals surface area contributed by atoms with Gasteiger partial charge in [-0.25, -0.2) is 18.4 Å². The summed E-state index contributed by atoms with van der Waals surface area (Å²) in [5.41, 5.74) is 3.91. The van der Waals surface area contributed by atoms with E-state index in [-0.39, 0.29) is 10.8 Å². The molecule has 3 heterocycles. The Morgan fingerprint density at radius 3 is 2.48 bits per heavy atom. The summed E-state index contributed by atoms with van der Waals surface area (Å²) in [6.45, 7) is 2.83. The number of rotatable bonds is 5. The zero-order chi connectivity index (χ0) is 22.8. The van der Waals surface area contributed by atoms with Gasteiger partial charge in [-0.3, -0.25) is 4.98 Å². The molecule has 4 aromatic rings. The third-order valence-corrected chi connectivity index (χ3v) is 8.24. The van der Waals surface area contributed by atoms with Crippen molar-refractivity contribution in [2.45, 2.75) is 37.0 Å². The van der Waals surface area contributed by atoms with Gasteiger partial charge in [0, 0.05) is 43.2 Å². The molecule has 6 nitrogen and oxygen atoms in total. The molecule has 1 aliphatic rings. The Bertz CT molecular complexity index is 1380. The van der Waals surface area contributed by atoms with Crippen LogP contribution in [0, 0.1) is 6.92 Å². The van der Waals surface area contributed by atoms with Gasteiger partial charge < -0.3 is 0 Å². The molecule has 0 saturated carbocycles. The van der Waals surface area contributed by atoms with Gasteiger partial charge in [-0.15, -0.1) is 0 Å². The van der Waals surface area contributed by atoms with Crippen LogP contribution in [0.2, 0.25) is 0 Å². The third-order valence-electron chi connectivity index (χ3n) is 6.31. The van der Waals surface area contributed by atoms with Gasteiger partial charge >= 0.3 is 0 Å². The summed E-state index contributed by atoms with van der Waals surface area (Å²) in [6.07, 6.45) is 5.80. The zero-order valence-electron chi connectivity index (χ0n) is 18.6. The molecule has 1 fully saturated rings. The Hall–Kier alpha value is -3.16. The van der Waals surface area contributed by atoms with E-state index in [1.165, 1.54) is 5.56 Å². The first-order valence-corrected chi connectivity index (χ1v) is 12.7. The van der Waals surface area contributed by atoms with E-state index in [2.05, 4.69) is 22.1 Å². The molecule has 2 aromatic heterocycles. The minimum Gasteiger partial charge on any atom is -0.255 e. The van der Waals surface area contributed by atoms with Crippen LogP contribution in [0.3, 0.4) is 0 Å². The molecule has 0 N–H and O–H groups in total. The Morgan fingerprint density at radius 1 is 0.939 bits per heavy atom. The number of fused-ring (bicyclic) bond motifs is 1. The second-order valence-corrected chi connectivity index (χ2v) is 10.4. The second-order valence-electron chi connectivity index (χ2n) is 8.50. The van der Waals surface area contributed by atoms with Gasteiger partial charge in [0.05, 0.1) is 11.2 Å². The van der Waals surface area contributed by atoms with Crippen LogP contribution < -0.4 is 0 Å². The quantitative estimate of drug-likeness (QED) is 0.440.